The zero-order valence-electron chi connectivity index (χ0n) is 15.1. The van der Waals surface area contributed by atoms with Crippen molar-refractivity contribution < 1.29 is 9.18 Å². The van der Waals surface area contributed by atoms with Crippen LogP contribution in [0.2, 0.25) is 0 Å². The number of hydrogen-bond acceptors (Lipinski definition) is 4. The first kappa shape index (κ1) is 18.5. The number of halogens is 1. The molecule has 6 heteroatoms. The maximum Gasteiger partial charge on any atom is 0.270 e. The van der Waals surface area contributed by atoms with Crippen LogP contribution in [0.15, 0.2) is 60.8 Å². The quantitative estimate of drug-likeness (QED) is 0.673. The van der Waals surface area contributed by atoms with Gasteiger partial charge in [-0.05, 0) is 36.6 Å². The number of rotatable bonds is 7. The molecule has 5 nitrogen and oxygen atoms in total. The van der Waals surface area contributed by atoms with Gasteiger partial charge in [-0.3, -0.25) is 4.79 Å². The number of nitrogens with zero attached hydrogens (tertiary/aromatic N) is 2. The van der Waals surface area contributed by atoms with Crippen LogP contribution in [-0.4, -0.2) is 22.4 Å². The minimum Gasteiger partial charge on any atom is -0.350 e. The fourth-order valence-corrected chi connectivity index (χ4v) is 2.56. The minimum atomic E-state index is -0.313. The Bertz CT molecular complexity index is 912. The molecule has 0 aliphatic carbocycles. The molecular formula is C21H21FN4O. The summed E-state index contributed by atoms with van der Waals surface area (Å²) in [5, 5.41) is 5.87. The van der Waals surface area contributed by atoms with E-state index in [2.05, 4.69) is 20.6 Å². The standard InChI is InChI=1S/C21H21FN4O/c1-15-6-8-16(9-7-15)14-25-21-24-13-11-19(26-21)20(27)23-12-10-17-4-2-3-5-18(17)22/h2-9,11,13H,10,12,14H2,1H3,(H,23,27)(H,24,25,26). The fourth-order valence-electron chi connectivity index (χ4n) is 2.56. The second-order valence-electron chi connectivity index (χ2n) is 6.20. The van der Waals surface area contributed by atoms with Crippen molar-refractivity contribution in [3.05, 3.63) is 89.0 Å². The molecule has 27 heavy (non-hydrogen) atoms. The Labute approximate surface area is 157 Å². The third-order valence-corrected chi connectivity index (χ3v) is 4.10. The van der Waals surface area contributed by atoms with Gasteiger partial charge in [0.15, 0.2) is 0 Å². The van der Waals surface area contributed by atoms with Crippen LogP contribution in [0, 0.1) is 12.7 Å². The van der Waals surface area contributed by atoms with Crippen LogP contribution in [0.1, 0.15) is 27.2 Å². The predicted octanol–water partition coefficient (Wildman–Crippen LogP) is 3.51. The van der Waals surface area contributed by atoms with E-state index in [0.29, 0.717) is 31.0 Å². The normalized spacial score (nSPS) is 10.4. The zero-order chi connectivity index (χ0) is 19.1. The number of carbonyl (C=O) groups excluding carboxylic acids is 1. The first-order chi connectivity index (χ1) is 13.1. The lowest BCUT2D eigenvalue weighted by molar-refractivity contribution is 0.0949. The SMILES string of the molecule is Cc1ccc(CNc2nccc(C(=O)NCCc3ccccc3F)n2)cc1. The van der Waals surface area contributed by atoms with Gasteiger partial charge >= 0.3 is 0 Å². The van der Waals surface area contributed by atoms with E-state index in [1.54, 1.807) is 24.3 Å². The van der Waals surface area contributed by atoms with Gasteiger partial charge in [-0.2, -0.15) is 0 Å². The number of amides is 1. The second-order valence-corrected chi connectivity index (χ2v) is 6.20. The number of nitrogens with one attached hydrogen (secondary N) is 2. The molecule has 138 valence electrons. The highest BCUT2D eigenvalue weighted by molar-refractivity contribution is 5.92. The van der Waals surface area contributed by atoms with Gasteiger partial charge in [0.2, 0.25) is 5.95 Å². The van der Waals surface area contributed by atoms with E-state index in [9.17, 15) is 9.18 Å². The smallest absolute Gasteiger partial charge is 0.270 e. The van der Waals surface area contributed by atoms with E-state index < -0.39 is 0 Å². The molecule has 0 aliphatic rings. The lowest BCUT2D eigenvalue weighted by Crippen LogP contribution is -2.27. The number of aryl methyl sites for hydroxylation is 1. The van der Waals surface area contributed by atoms with E-state index >= 15 is 0 Å². The average molecular weight is 364 g/mol. The molecule has 1 aromatic heterocycles. The number of aromatic nitrogens is 2. The Balaban J connectivity index is 1.53. The summed E-state index contributed by atoms with van der Waals surface area (Å²) in [5.41, 5.74) is 3.14. The highest BCUT2D eigenvalue weighted by Gasteiger charge is 2.09. The summed E-state index contributed by atoms with van der Waals surface area (Å²) in [7, 11) is 0. The molecule has 0 unspecified atom stereocenters. The maximum absolute atomic E-state index is 13.6. The molecule has 1 heterocycles. The summed E-state index contributed by atoms with van der Waals surface area (Å²) >= 11 is 0. The van der Waals surface area contributed by atoms with Crippen molar-refractivity contribution in [2.24, 2.45) is 0 Å². The van der Waals surface area contributed by atoms with Crippen LogP contribution < -0.4 is 10.6 Å². The van der Waals surface area contributed by atoms with Gasteiger partial charge in [0, 0.05) is 19.3 Å². The van der Waals surface area contributed by atoms with Crippen LogP contribution in [0.5, 0.6) is 0 Å². The Morgan fingerprint density at radius 1 is 1.07 bits per heavy atom. The molecule has 3 rings (SSSR count). The van der Waals surface area contributed by atoms with Gasteiger partial charge in [-0.1, -0.05) is 48.0 Å². The molecule has 0 radical (unpaired) electrons. The molecule has 0 bridgehead atoms. The first-order valence-corrected chi connectivity index (χ1v) is 8.76. The third kappa shape index (κ3) is 5.34. The third-order valence-electron chi connectivity index (χ3n) is 4.10. The van der Waals surface area contributed by atoms with Crippen molar-refractivity contribution in [1.82, 2.24) is 15.3 Å². The van der Waals surface area contributed by atoms with E-state index in [4.69, 9.17) is 0 Å². The molecule has 2 N–H and O–H groups in total. The summed E-state index contributed by atoms with van der Waals surface area (Å²) in [4.78, 5) is 20.6. The largest absolute Gasteiger partial charge is 0.350 e. The second kappa shape index (κ2) is 8.89. The van der Waals surface area contributed by atoms with Crippen molar-refractivity contribution >= 4 is 11.9 Å². The van der Waals surface area contributed by atoms with E-state index in [1.165, 1.54) is 17.8 Å². The van der Waals surface area contributed by atoms with Gasteiger partial charge in [0.25, 0.3) is 5.91 Å². The summed E-state index contributed by atoms with van der Waals surface area (Å²) in [5.74, 6) is -0.194. The molecule has 0 fully saturated rings. The molecule has 0 aliphatic heterocycles. The van der Waals surface area contributed by atoms with Crippen molar-refractivity contribution in [1.29, 1.82) is 0 Å². The number of carbonyl (C=O) groups is 1. The lowest BCUT2D eigenvalue weighted by atomic mass is 10.1. The van der Waals surface area contributed by atoms with Crippen molar-refractivity contribution in [3.8, 4) is 0 Å². The van der Waals surface area contributed by atoms with Crippen LogP contribution in [0.3, 0.4) is 0 Å². The Morgan fingerprint density at radius 2 is 1.85 bits per heavy atom. The maximum atomic E-state index is 13.6. The van der Waals surface area contributed by atoms with Crippen molar-refractivity contribution in [2.45, 2.75) is 19.9 Å². The van der Waals surface area contributed by atoms with Crippen molar-refractivity contribution in [3.63, 3.8) is 0 Å². The van der Waals surface area contributed by atoms with Crippen LogP contribution in [-0.2, 0) is 13.0 Å². The lowest BCUT2D eigenvalue weighted by Gasteiger charge is -2.08. The average Bonchev–Trinajstić information content (AvgIpc) is 2.69. The monoisotopic (exact) mass is 364 g/mol. The molecule has 0 atom stereocenters. The van der Waals surface area contributed by atoms with E-state index in [-0.39, 0.29) is 17.4 Å². The molecule has 3 aromatic rings. The Kier molecular flexibility index (Phi) is 6.10. The Hall–Kier alpha value is -3.28. The molecule has 2 aromatic carbocycles. The highest BCUT2D eigenvalue weighted by atomic mass is 19.1. The summed E-state index contributed by atoms with van der Waals surface area (Å²) in [6.07, 6.45) is 1.96. The van der Waals surface area contributed by atoms with Crippen LogP contribution in [0.25, 0.3) is 0 Å². The first-order valence-electron chi connectivity index (χ1n) is 8.76. The van der Waals surface area contributed by atoms with Gasteiger partial charge in [-0.15, -0.1) is 0 Å². The topological polar surface area (TPSA) is 66.9 Å². The van der Waals surface area contributed by atoms with Gasteiger partial charge in [-0.25, -0.2) is 14.4 Å². The molecule has 0 saturated heterocycles. The summed E-state index contributed by atoms with van der Waals surface area (Å²) < 4.78 is 13.6. The molecular weight excluding hydrogens is 343 g/mol. The molecule has 1 amide bonds. The fraction of sp³-hybridized carbons (Fsp3) is 0.190. The highest BCUT2D eigenvalue weighted by Crippen LogP contribution is 2.08. The predicted molar refractivity (Wildman–Crippen MR) is 103 cm³/mol. The minimum absolute atomic E-state index is 0.267. The number of benzene rings is 2. The zero-order valence-corrected chi connectivity index (χ0v) is 15.1. The van der Waals surface area contributed by atoms with Gasteiger partial charge in [0.1, 0.15) is 11.5 Å². The number of anilines is 1. The summed E-state index contributed by atoms with van der Waals surface area (Å²) in [6.45, 7) is 2.93. The molecule has 0 spiro atoms. The van der Waals surface area contributed by atoms with E-state index in [1.807, 2.05) is 31.2 Å². The van der Waals surface area contributed by atoms with Gasteiger partial charge < -0.3 is 10.6 Å². The van der Waals surface area contributed by atoms with Crippen molar-refractivity contribution in [2.75, 3.05) is 11.9 Å². The molecule has 0 saturated carbocycles. The van der Waals surface area contributed by atoms with Crippen LogP contribution >= 0.6 is 0 Å². The number of hydrogen-bond donors (Lipinski definition) is 2. The van der Waals surface area contributed by atoms with Gasteiger partial charge in [0.05, 0.1) is 0 Å². The van der Waals surface area contributed by atoms with Crippen LogP contribution in [0.4, 0.5) is 10.3 Å². The summed E-state index contributed by atoms with van der Waals surface area (Å²) in [6, 6.07) is 16.2. The Morgan fingerprint density at radius 3 is 2.63 bits per heavy atom. The van der Waals surface area contributed by atoms with E-state index in [0.717, 1.165) is 5.56 Å².